The highest BCUT2D eigenvalue weighted by Crippen LogP contribution is 2.25. The van der Waals surface area contributed by atoms with Gasteiger partial charge in [0.05, 0.1) is 6.10 Å². The van der Waals surface area contributed by atoms with Gasteiger partial charge < -0.3 is 9.64 Å². The van der Waals surface area contributed by atoms with Gasteiger partial charge in [-0.3, -0.25) is 4.79 Å². The molecule has 0 saturated carbocycles. The zero-order chi connectivity index (χ0) is 18.4. The first-order valence-corrected chi connectivity index (χ1v) is 8.94. The summed E-state index contributed by atoms with van der Waals surface area (Å²) in [6, 6.07) is 10.6. The number of allylic oxidation sites excluding steroid dienone is 1. The van der Waals surface area contributed by atoms with Gasteiger partial charge in [0.25, 0.3) is 5.91 Å². The lowest BCUT2D eigenvalue weighted by atomic mass is 9.88. The van der Waals surface area contributed by atoms with Crippen molar-refractivity contribution in [3.63, 3.8) is 0 Å². The molecule has 1 fully saturated rings. The van der Waals surface area contributed by atoms with Crippen LogP contribution in [-0.4, -0.2) is 37.1 Å². The lowest BCUT2D eigenvalue weighted by Crippen LogP contribution is -2.47. The highest BCUT2D eigenvalue weighted by Gasteiger charge is 2.32. The third-order valence-corrected chi connectivity index (χ3v) is 4.72. The second kappa shape index (κ2) is 8.82. The summed E-state index contributed by atoms with van der Waals surface area (Å²) in [7, 11) is 1.74. The number of aryl methyl sites for hydroxylation is 1. The summed E-state index contributed by atoms with van der Waals surface area (Å²) >= 11 is 0. The SMILES string of the molecule is CO[C@H]1CCN(C(=O)/C(C#N)=C/C(C)C)C[C@H]1Cc1ccc(C)cc1. The fourth-order valence-corrected chi connectivity index (χ4v) is 3.39. The first-order valence-electron chi connectivity index (χ1n) is 8.94. The summed E-state index contributed by atoms with van der Waals surface area (Å²) < 4.78 is 5.66. The van der Waals surface area contributed by atoms with Crippen LogP contribution < -0.4 is 0 Å². The van der Waals surface area contributed by atoms with Crippen LogP contribution in [0.2, 0.25) is 0 Å². The third-order valence-electron chi connectivity index (χ3n) is 4.72. The van der Waals surface area contributed by atoms with Crippen LogP contribution in [-0.2, 0) is 16.0 Å². The van der Waals surface area contributed by atoms with E-state index in [1.54, 1.807) is 13.2 Å². The molecule has 1 aromatic carbocycles. The molecule has 1 aliphatic rings. The van der Waals surface area contributed by atoms with Crippen LogP contribution in [0.1, 0.15) is 31.4 Å². The molecule has 4 heteroatoms. The second-order valence-corrected chi connectivity index (χ2v) is 7.20. The lowest BCUT2D eigenvalue weighted by Gasteiger charge is -2.38. The maximum absolute atomic E-state index is 12.7. The molecule has 0 radical (unpaired) electrons. The zero-order valence-corrected chi connectivity index (χ0v) is 15.7. The quantitative estimate of drug-likeness (QED) is 0.609. The molecule has 1 aliphatic heterocycles. The zero-order valence-electron chi connectivity index (χ0n) is 15.7. The van der Waals surface area contributed by atoms with Crippen molar-refractivity contribution in [1.29, 1.82) is 5.26 Å². The van der Waals surface area contributed by atoms with Gasteiger partial charge in [-0.15, -0.1) is 0 Å². The van der Waals surface area contributed by atoms with E-state index in [1.807, 2.05) is 18.7 Å². The van der Waals surface area contributed by atoms with Gasteiger partial charge in [-0.1, -0.05) is 49.8 Å². The number of hydrogen-bond acceptors (Lipinski definition) is 3. The molecule has 1 aromatic rings. The van der Waals surface area contributed by atoms with E-state index < -0.39 is 0 Å². The molecule has 0 bridgehead atoms. The number of piperidine rings is 1. The van der Waals surface area contributed by atoms with Crippen LogP contribution in [0, 0.1) is 30.1 Å². The van der Waals surface area contributed by atoms with Crippen molar-refractivity contribution in [2.24, 2.45) is 11.8 Å². The Bertz CT molecular complexity index is 655. The minimum absolute atomic E-state index is 0.143. The summed E-state index contributed by atoms with van der Waals surface area (Å²) in [5.74, 6) is 0.266. The fraction of sp³-hybridized carbons (Fsp3) is 0.524. The number of nitrogens with zero attached hydrogens (tertiary/aromatic N) is 2. The first-order chi connectivity index (χ1) is 11.9. The molecule has 1 saturated heterocycles. The Kier molecular flexibility index (Phi) is 6.78. The minimum atomic E-state index is -0.153. The molecule has 1 amide bonds. The topological polar surface area (TPSA) is 53.3 Å². The molecule has 0 aromatic heterocycles. The Morgan fingerprint density at radius 2 is 2.08 bits per heavy atom. The number of likely N-dealkylation sites (tertiary alicyclic amines) is 1. The Hall–Kier alpha value is -2.12. The van der Waals surface area contributed by atoms with Gasteiger partial charge >= 0.3 is 0 Å². The predicted octanol–water partition coefficient (Wildman–Crippen LogP) is 3.51. The maximum atomic E-state index is 12.7. The average Bonchev–Trinajstić information content (AvgIpc) is 2.60. The molecule has 0 N–H and O–H groups in total. The van der Waals surface area contributed by atoms with Gasteiger partial charge in [-0.05, 0) is 31.2 Å². The second-order valence-electron chi connectivity index (χ2n) is 7.20. The van der Waals surface area contributed by atoms with Crippen molar-refractivity contribution >= 4 is 5.91 Å². The molecule has 25 heavy (non-hydrogen) atoms. The van der Waals surface area contributed by atoms with Crippen LogP contribution in [0.15, 0.2) is 35.9 Å². The summed E-state index contributed by atoms with van der Waals surface area (Å²) in [6.45, 7) is 7.29. The van der Waals surface area contributed by atoms with Crippen molar-refractivity contribution in [1.82, 2.24) is 4.90 Å². The van der Waals surface area contributed by atoms with E-state index in [-0.39, 0.29) is 29.4 Å². The van der Waals surface area contributed by atoms with E-state index in [0.717, 1.165) is 12.8 Å². The van der Waals surface area contributed by atoms with Crippen molar-refractivity contribution < 1.29 is 9.53 Å². The molecule has 4 nitrogen and oxygen atoms in total. The van der Waals surface area contributed by atoms with E-state index >= 15 is 0 Å². The van der Waals surface area contributed by atoms with Gasteiger partial charge in [-0.25, -0.2) is 0 Å². The van der Waals surface area contributed by atoms with E-state index in [1.165, 1.54) is 11.1 Å². The number of rotatable bonds is 5. The van der Waals surface area contributed by atoms with Crippen molar-refractivity contribution in [3.8, 4) is 6.07 Å². The van der Waals surface area contributed by atoms with E-state index in [2.05, 4.69) is 37.3 Å². The summed E-state index contributed by atoms with van der Waals surface area (Å²) in [6.07, 6.45) is 3.57. The van der Waals surface area contributed by atoms with E-state index in [0.29, 0.717) is 13.1 Å². The van der Waals surface area contributed by atoms with E-state index in [4.69, 9.17) is 4.74 Å². The molecule has 0 unspecified atom stereocenters. The normalized spacial score (nSPS) is 21.3. The summed E-state index contributed by atoms with van der Waals surface area (Å²) in [4.78, 5) is 14.5. The fourth-order valence-electron chi connectivity index (χ4n) is 3.39. The Balaban J connectivity index is 2.12. The van der Waals surface area contributed by atoms with Crippen LogP contribution in [0.25, 0.3) is 0 Å². The molecule has 0 aliphatic carbocycles. The average molecular weight is 340 g/mol. The molecule has 2 rings (SSSR count). The molecular formula is C21H28N2O2. The van der Waals surface area contributed by atoms with Crippen molar-refractivity contribution in [3.05, 3.63) is 47.0 Å². The van der Waals surface area contributed by atoms with Crippen molar-refractivity contribution in [2.75, 3.05) is 20.2 Å². The van der Waals surface area contributed by atoms with Gasteiger partial charge in [0.1, 0.15) is 11.6 Å². The Labute approximate surface area is 151 Å². The first kappa shape index (κ1) is 19.2. The van der Waals surface area contributed by atoms with Gasteiger partial charge in [0.15, 0.2) is 0 Å². The summed E-state index contributed by atoms with van der Waals surface area (Å²) in [5, 5.41) is 9.31. The monoisotopic (exact) mass is 340 g/mol. The van der Waals surface area contributed by atoms with Crippen LogP contribution in [0.5, 0.6) is 0 Å². The van der Waals surface area contributed by atoms with Gasteiger partial charge in [0, 0.05) is 26.1 Å². The number of carbonyl (C=O) groups excluding carboxylic acids is 1. The molecular weight excluding hydrogens is 312 g/mol. The highest BCUT2D eigenvalue weighted by molar-refractivity contribution is 5.97. The molecule has 134 valence electrons. The Morgan fingerprint density at radius 1 is 1.40 bits per heavy atom. The number of ether oxygens (including phenoxy) is 1. The van der Waals surface area contributed by atoms with E-state index in [9.17, 15) is 10.1 Å². The number of hydrogen-bond donors (Lipinski definition) is 0. The number of amides is 1. The maximum Gasteiger partial charge on any atom is 0.264 e. The van der Waals surface area contributed by atoms with Crippen LogP contribution >= 0.6 is 0 Å². The van der Waals surface area contributed by atoms with Gasteiger partial charge in [-0.2, -0.15) is 5.26 Å². The smallest absolute Gasteiger partial charge is 0.264 e. The highest BCUT2D eigenvalue weighted by atomic mass is 16.5. The minimum Gasteiger partial charge on any atom is -0.381 e. The third kappa shape index (κ3) is 5.17. The molecule has 2 atom stereocenters. The largest absolute Gasteiger partial charge is 0.381 e. The number of methoxy groups -OCH3 is 1. The predicted molar refractivity (Wildman–Crippen MR) is 98.9 cm³/mol. The Morgan fingerprint density at radius 3 is 2.64 bits per heavy atom. The standard InChI is InChI=1S/C21H28N2O2/c1-15(2)11-18(13-22)21(24)23-10-9-20(25-4)19(14-23)12-17-7-5-16(3)6-8-17/h5-8,11,15,19-20H,9-10,12,14H2,1-4H3/b18-11+/t19-,20+/m1/s1. The van der Waals surface area contributed by atoms with Gasteiger partial charge in [0.2, 0.25) is 0 Å². The van der Waals surface area contributed by atoms with Crippen molar-refractivity contribution in [2.45, 2.75) is 39.7 Å². The van der Waals surface area contributed by atoms with Crippen LogP contribution in [0.3, 0.4) is 0 Å². The molecule has 0 spiro atoms. The van der Waals surface area contributed by atoms with Crippen LogP contribution in [0.4, 0.5) is 0 Å². The molecule has 1 heterocycles. The lowest BCUT2D eigenvalue weighted by molar-refractivity contribution is -0.131. The number of carbonyl (C=O) groups is 1. The number of benzene rings is 1. The number of nitriles is 1. The summed E-state index contributed by atoms with van der Waals surface area (Å²) in [5.41, 5.74) is 2.75.